The van der Waals surface area contributed by atoms with Gasteiger partial charge in [-0.2, -0.15) is 0 Å². The standard InChI is InChI=1S/C23H25N3O3/c1-28-20-9-5-8-19(16-20)25-12-14-26(15-13-25)23(27)11-10-22-24-17-21(29-22)18-6-3-2-4-7-18/h2-9,16-17H,10-15H2,1H3. The van der Waals surface area contributed by atoms with E-state index in [1.165, 1.54) is 0 Å². The first kappa shape index (κ1) is 19.1. The minimum absolute atomic E-state index is 0.148. The van der Waals surface area contributed by atoms with Crippen LogP contribution in [0.25, 0.3) is 11.3 Å². The van der Waals surface area contributed by atoms with Crippen LogP contribution in [0.15, 0.2) is 65.2 Å². The summed E-state index contributed by atoms with van der Waals surface area (Å²) in [6.45, 7) is 3.07. The van der Waals surface area contributed by atoms with Gasteiger partial charge < -0.3 is 19.0 Å². The van der Waals surface area contributed by atoms with E-state index >= 15 is 0 Å². The predicted molar refractivity (Wildman–Crippen MR) is 112 cm³/mol. The highest BCUT2D eigenvalue weighted by Gasteiger charge is 2.22. The van der Waals surface area contributed by atoms with Crippen molar-refractivity contribution in [2.45, 2.75) is 12.8 Å². The fourth-order valence-electron chi connectivity index (χ4n) is 3.55. The molecule has 0 saturated carbocycles. The Balaban J connectivity index is 1.27. The number of carbonyl (C=O) groups excluding carboxylic acids is 1. The van der Waals surface area contributed by atoms with Crippen LogP contribution >= 0.6 is 0 Å². The molecule has 0 spiro atoms. The summed E-state index contributed by atoms with van der Waals surface area (Å²) in [4.78, 5) is 21.1. The molecule has 4 rings (SSSR count). The molecular formula is C23H25N3O3. The molecule has 6 heteroatoms. The molecule has 1 saturated heterocycles. The lowest BCUT2D eigenvalue weighted by atomic mass is 10.2. The number of aromatic nitrogens is 1. The molecule has 0 unspecified atom stereocenters. The number of benzene rings is 2. The Morgan fingerprint density at radius 1 is 1.07 bits per heavy atom. The molecule has 6 nitrogen and oxygen atoms in total. The second-order valence-electron chi connectivity index (χ2n) is 7.05. The predicted octanol–water partition coefficient (Wildman–Crippen LogP) is 3.63. The van der Waals surface area contributed by atoms with Gasteiger partial charge in [0.2, 0.25) is 5.91 Å². The van der Waals surface area contributed by atoms with Gasteiger partial charge in [0.1, 0.15) is 5.75 Å². The van der Waals surface area contributed by atoms with Crippen molar-refractivity contribution in [1.29, 1.82) is 0 Å². The quantitative estimate of drug-likeness (QED) is 0.642. The summed E-state index contributed by atoms with van der Waals surface area (Å²) < 4.78 is 11.1. The van der Waals surface area contributed by atoms with Crippen LogP contribution in [-0.4, -0.2) is 49.1 Å². The van der Waals surface area contributed by atoms with E-state index in [0.29, 0.717) is 18.7 Å². The lowest BCUT2D eigenvalue weighted by molar-refractivity contribution is -0.131. The van der Waals surface area contributed by atoms with E-state index in [2.05, 4.69) is 16.0 Å². The Bertz CT molecular complexity index is 947. The number of ether oxygens (including phenoxy) is 1. The van der Waals surface area contributed by atoms with E-state index in [9.17, 15) is 4.79 Å². The fourth-order valence-corrected chi connectivity index (χ4v) is 3.55. The zero-order valence-electron chi connectivity index (χ0n) is 16.6. The maximum absolute atomic E-state index is 12.6. The molecule has 0 bridgehead atoms. The largest absolute Gasteiger partial charge is 0.497 e. The molecule has 2 heterocycles. The van der Waals surface area contributed by atoms with E-state index in [4.69, 9.17) is 9.15 Å². The van der Waals surface area contributed by atoms with Crippen LogP contribution in [0.2, 0.25) is 0 Å². The van der Waals surface area contributed by atoms with Crippen molar-refractivity contribution >= 4 is 11.6 Å². The number of aryl methyl sites for hydroxylation is 1. The molecule has 2 aromatic carbocycles. The fraction of sp³-hybridized carbons (Fsp3) is 0.304. The number of amides is 1. The van der Waals surface area contributed by atoms with Crippen LogP contribution in [0.3, 0.4) is 0 Å². The summed E-state index contributed by atoms with van der Waals surface area (Å²) >= 11 is 0. The monoisotopic (exact) mass is 391 g/mol. The zero-order chi connectivity index (χ0) is 20.1. The number of methoxy groups -OCH3 is 1. The molecule has 1 aliphatic rings. The molecular weight excluding hydrogens is 366 g/mol. The van der Waals surface area contributed by atoms with Gasteiger partial charge in [-0.15, -0.1) is 0 Å². The lowest BCUT2D eigenvalue weighted by Crippen LogP contribution is -2.48. The molecule has 150 valence electrons. The topological polar surface area (TPSA) is 58.8 Å². The van der Waals surface area contributed by atoms with Crippen LogP contribution < -0.4 is 9.64 Å². The maximum Gasteiger partial charge on any atom is 0.223 e. The van der Waals surface area contributed by atoms with Gasteiger partial charge in [0.05, 0.1) is 13.3 Å². The van der Waals surface area contributed by atoms with Crippen LogP contribution in [0, 0.1) is 0 Å². The maximum atomic E-state index is 12.6. The molecule has 1 fully saturated rings. The molecule has 29 heavy (non-hydrogen) atoms. The van der Waals surface area contributed by atoms with Crippen molar-refractivity contribution in [3.63, 3.8) is 0 Å². The van der Waals surface area contributed by atoms with Crippen molar-refractivity contribution in [2.24, 2.45) is 0 Å². The van der Waals surface area contributed by atoms with Gasteiger partial charge in [0.25, 0.3) is 0 Å². The third-order valence-corrected chi connectivity index (χ3v) is 5.22. The molecule has 1 amide bonds. The Labute approximate surface area is 170 Å². The number of hydrogen-bond acceptors (Lipinski definition) is 5. The number of rotatable bonds is 6. The highest BCUT2D eigenvalue weighted by atomic mass is 16.5. The number of piperazine rings is 1. The summed E-state index contributed by atoms with van der Waals surface area (Å²) in [5, 5.41) is 0. The van der Waals surface area contributed by atoms with Crippen molar-refractivity contribution in [3.8, 4) is 17.1 Å². The molecule has 0 N–H and O–H groups in total. The van der Waals surface area contributed by atoms with Gasteiger partial charge >= 0.3 is 0 Å². The Morgan fingerprint density at radius 3 is 2.62 bits per heavy atom. The van der Waals surface area contributed by atoms with E-state index in [0.717, 1.165) is 48.9 Å². The van der Waals surface area contributed by atoms with Gasteiger partial charge in [0, 0.05) is 56.3 Å². The van der Waals surface area contributed by atoms with E-state index < -0.39 is 0 Å². The first-order chi connectivity index (χ1) is 14.2. The molecule has 0 aliphatic carbocycles. The van der Waals surface area contributed by atoms with Crippen LogP contribution in [0.4, 0.5) is 5.69 Å². The van der Waals surface area contributed by atoms with Crippen molar-refractivity contribution < 1.29 is 13.9 Å². The van der Waals surface area contributed by atoms with Crippen molar-refractivity contribution in [2.75, 3.05) is 38.2 Å². The van der Waals surface area contributed by atoms with Gasteiger partial charge in [-0.05, 0) is 12.1 Å². The van der Waals surface area contributed by atoms with Gasteiger partial charge in [-0.1, -0.05) is 36.4 Å². The average Bonchev–Trinajstić information content (AvgIpc) is 3.27. The minimum Gasteiger partial charge on any atom is -0.497 e. The Morgan fingerprint density at radius 2 is 1.86 bits per heavy atom. The highest BCUT2D eigenvalue weighted by Crippen LogP contribution is 2.23. The van der Waals surface area contributed by atoms with Crippen LogP contribution in [0.1, 0.15) is 12.3 Å². The van der Waals surface area contributed by atoms with Crippen LogP contribution in [0.5, 0.6) is 5.75 Å². The van der Waals surface area contributed by atoms with E-state index in [1.807, 2.05) is 53.4 Å². The molecule has 1 aliphatic heterocycles. The Kier molecular flexibility index (Phi) is 5.79. The van der Waals surface area contributed by atoms with Gasteiger partial charge in [-0.3, -0.25) is 4.79 Å². The van der Waals surface area contributed by atoms with E-state index in [1.54, 1.807) is 13.3 Å². The number of carbonyl (C=O) groups is 1. The smallest absolute Gasteiger partial charge is 0.223 e. The SMILES string of the molecule is COc1cccc(N2CCN(C(=O)CCc3ncc(-c4ccccc4)o3)CC2)c1. The second-order valence-corrected chi connectivity index (χ2v) is 7.05. The molecule has 0 atom stereocenters. The molecule has 1 aromatic heterocycles. The lowest BCUT2D eigenvalue weighted by Gasteiger charge is -2.36. The van der Waals surface area contributed by atoms with Crippen molar-refractivity contribution in [3.05, 3.63) is 66.7 Å². The third kappa shape index (κ3) is 4.59. The number of nitrogens with zero attached hydrogens (tertiary/aromatic N) is 3. The van der Waals surface area contributed by atoms with E-state index in [-0.39, 0.29) is 5.91 Å². The summed E-state index contributed by atoms with van der Waals surface area (Å²) in [6.07, 6.45) is 2.65. The first-order valence-corrected chi connectivity index (χ1v) is 9.90. The van der Waals surface area contributed by atoms with Crippen molar-refractivity contribution in [1.82, 2.24) is 9.88 Å². The number of oxazole rings is 1. The summed E-state index contributed by atoms with van der Waals surface area (Å²) in [5.41, 5.74) is 2.12. The normalized spacial score (nSPS) is 14.1. The second kappa shape index (κ2) is 8.82. The highest BCUT2D eigenvalue weighted by molar-refractivity contribution is 5.76. The number of anilines is 1. The third-order valence-electron chi connectivity index (χ3n) is 5.22. The molecule has 0 radical (unpaired) electrons. The average molecular weight is 391 g/mol. The van der Waals surface area contributed by atoms with Crippen LogP contribution in [-0.2, 0) is 11.2 Å². The molecule has 3 aromatic rings. The van der Waals surface area contributed by atoms with Gasteiger partial charge in [-0.25, -0.2) is 4.98 Å². The summed E-state index contributed by atoms with van der Waals surface area (Å²) in [7, 11) is 1.67. The summed E-state index contributed by atoms with van der Waals surface area (Å²) in [5.74, 6) is 2.34. The summed E-state index contributed by atoms with van der Waals surface area (Å²) in [6, 6.07) is 17.9. The Hall–Kier alpha value is -3.28. The first-order valence-electron chi connectivity index (χ1n) is 9.90. The zero-order valence-corrected chi connectivity index (χ0v) is 16.6. The minimum atomic E-state index is 0.148. The van der Waals surface area contributed by atoms with Gasteiger partial charge in [0.15, 0.2) is 11.7 Å². The number of hydrogen-bond donors (Lipinski definition) is 0.